The maximum atomic E-state index is 12.9. The molecule has 8 nitrogen and oxygen atoms in total. The van der Waals surface area contributed by atoms with Crippen molar-refractivity contribution in [2.45, 2.75) is 12.5 Å². The van der Waals surface area contributed by atoms with Crippen LogP contribution in [0.3, 0.4) is 0 Å². The molecule has 4 rings (SSSR count). The third-order valence-corrected chi connectivity index (χ3v) is 6.45. The van der Waals surface area contributed by atoms with E-state index in [9.17, 15) is 13.2 Å². The molecular formula is C20H19N3O5S. The maximum absolute atomic E-state index is 12.9. The van der Waals surface area contributed by atoms with E-state index < -0.39 is 15.9 Å². The minimum absolute atomic E-state index is 0.0352. The molecule has 2 aromatic carbocycles. The summed E-state index contributed by atoms with van der Waals surface area (Å²) in [5, 5.41) is 7.47. The zero-order valence-electron chi connectivity index (χ0n) is 15.5. The minimum Gasteiger partial charge on any atom is -0.484 e. The zero-order valence-corrected chi connectivity index (χ0v) is 16.3. The molecule has 1 aliphatic rings. The van der Waals surface area contributed by atoms with Crippen LogP contribution < -0.4 is 9.64 Å². The highest BCUT2D eigenvalue weighted by molar-refractivity contribution is 7.91. The molecule has 1 atom stereocenters. The summed E-state index contributed by atoms with van der Waals surface area (Å²) < 4.78 is 34.6. The van der Waals surface area contributed by atoms with E-state index in [-0.39, 0.29) is 24.0 Å². The summed E-state index contributed by atoms with van der Waals surface area (Å²) in [4.78, 5) is 14.5. The fourth-order valence-corrected chi connectivity index (χ4v) is 5.03. The number of benzene rings is 2. The first-order valence-corrected chi connectivity index (χ1v) is 10.9. The Morgan fingerprint density at radius 3 is 2.52 bits per heavy atom. The van der Waals surface area contributed by atoms with E-state index in [4.69, 9.17) is 9.15 Å². The molecule has 1 amide bonds. The number of rotatable bonds is 6. The number of hydrogen-bond donors (Lipinski definition) is 0. The number of anilines is 1. The second-order valence-electron chi connectivity index (χ2n) is 6.71. The molecule has 29 heavy (non-hydrogen) atoms. The minimum atomic E-state index is -3.13. The van der Waals surface area contributed by atoms with Gasteiger partial charge in [-0.25, -0.2) is 8.42 Å². The summed E-state index contributed by atoms with van der Waals surface area (Å²) in [5.41, 5.74) is 1.40. The lowest BCUT2D eigenvalue weighted by Crippen LogP contribution is -2.43. The van der Waals surface area contributed by atoms with Gasteiger partial charge in [-0.15, -0.1) is 10.2 Å². The van der Waals surface area contributed by atoms with Crippen LogP contribution in [0.5, 0.6) is 5.75 Å². The van der Waals surface area contributed by atoms with Gasteiger partial charge in [0.05, 0.1) is 17.5 Å². The molecule has 0 bridgehead atoms. The van der Waals surface area contributed by atoms with Crippen molar-refractivity contribution in [3.63, 3.8) is 0 Å². The van der Waals surface area contributed by atoms with E-state index in [2.05, 4.69) is 10.2 Å². The second-order valence-corrected chi connectivity index (χ2v) is 8.94. The van der Waals surface area contributed by atoms with Crippen LogP contribution in [0.2, 0.25) is 0 Å². The highest BCUT2D eigenvalue weighted by atomic mass is 32.2. The van der Waals surface area contributed by atoms with Crippen LogP contribution in [0.25, 0.3) is 11.5 Å². The third-order valence-electron chi connectivity index (χ3n) is 4.70. The smallest absolute Gasteiger partial charge is 0.265 e. The number of sulfone groups is 1. The van der Waals surface area contributed by atoms with E-state index in [1.807, 2.05) is 18.2 Å². The van der Waals surface area contributed by atoms with E-state index >= 15 is 0 Å². The van der Waals surface area contributed by atoms with Crippen LogP contribution >= 0.6 is 0 Å². The zero-order chi connectivity index (χ0) is 20.3. The molecule has 1 aliphatic heterocycles. The number of carbonyl (C=O) groups is 1. The normalized spacial score (nSPS) is 17.7. The first kappa shape index (κ1) is 19.1. The molecular weight excluding hydrogens is 394 g/mol. The predicted molar refractivity (Wildman–Crippen MR) is 106 cm³/mol. The Hall–Kier alpha value is -3.20. The van der Waals surface area contributed by atoms with Gasteiger partial charge < -0.3 is 14.1 Å². The summed E-state index contributed by atoms with van der Waals surface area (Å²) in [6, 6.07) is 15.6. The Morgan fingerprint density at radius 1 is 1.14 bits per heavy atom. The van der Waals surface area contributed by atoms with Crippen LogP contribution in [-0.2, 0) is 14.6 Å². The lowest BCUT2D eigenvalue weighted by molar-refractivity contribution is -0.121. The standard InChI is InChI=1S/C20H19N3O5S/c24-19(12-27-18-8-6-15(7-9-18)20-22-21-14-28-20)23(16-4-2-1-3-5-16)17-10-11-29(25,26)13-17/h1-9,14,17H,10-13H2. The lowest BCUT2D eigenvalue weighted by Gasteiger charge is -2.28. The summed E-state index contributed by atoms with van der Waals surface area (Å²) in [5.74, 6) is 0.664. The molecule has 0 radical (unpaired) electrons. The Labute approximate surface area is 168 Å². The predicted octanol–water partition coefficient (Wildman–Crippen LogP) is 2.34. The SMILES string of the molecule is O=C(COc1ccc(-c2nnco2)cc1)N(c1ccccc1)C1CCS(=O)(=O)C1. The molecule has 3 aromatic rings. The molecule has 1 saturated heterocycles. The monoisotopic (exact) mass is 413 g/mol. The summed E-state index contributed by atoms with van der Waals surface area (Å²) in [6.45, 7) is -0.203. The highest BCUT2D eigenvalue weighted by Gasteiger charge is 2.35. The summed E-state index contributed by atoms with van der Waals surface area (Å²) in [7, 11) is -3.13. The van der Waals surface area contributed by atoms with Gasteiger partial charge in [0.25, 0.3) is 5.91 Å². The summed E-state index contributed by atoms with van der Waals surface area (Å²) >= 11 is 0. The van der Waals surface area contributed by atoms with Crippen molar-refractivity contribution in [2.75, 3.05) is 23.0 Å². The molecule has 1 fully saturated rings. The van der Waals surface area contributed by atoms with Gasteiger partial charge in [-0.3, -0.25) is 4.79 Å². The second kappa shape index (κ2) is 8.04. The molecule has 9 heteroatoms. The topological polar surface area (TPSA) is 103 Å². The number of ether oxygens (including phenoxy) is 1. The van der Waals surface area contributed by atoms with Gasteiger partial charge in [0.1, 0.15) is 5.75 Å². The molecule has 2 heterocycles. The number of carbonyl (C=O) groups excluding carboxylic acids is 1. The van der Waals surface area contributed by atoms with E-state index in [1.54, 1.807) is 36.4 Å². The number of amides is 1. The molecule has 0 aliphatic carbocycles. The van der Waals surface area contributed by atoms with E-state index in [0.717, 1.165) is 5.56 Å². The molecule has 1 unspecified atom stereocenters. The van der Waals surface area contributed by atoms with Crippen LogP contribution in [0.15, 0.2) is 65.4 Å². The van der Waals surface area contributed by atoms with Gasteiger partial charge >= 0.3 is 0 Å². The van der Waals surface area contributed by atoms with Gasteiger partial charge in [-0.1, -0.05) is 18.2 Å². The van der Waals surface area contributed by atoms with Gasteiger partial charge in [0.15, 0.2) is 16.4 Å². The van der Waals surface area contributed by atoms with Crippen molar-refractivity contribution in [1.82, 2.24) is 10.2 Å². The van der Waals surface area contributed by atoms with Gasteiger partial charge in [-0.2, -0.15) is 0 Å². The first-order chi connectivity index (χ1) is 14.0. The Morgan fingerprint density at radius 2 is 1.90 bits per heavy atom. The van der Waals surface area contributed by atoms with Crippen LogP contribution in [0, 0.1) is 0 Å². The lowest BCUT2D eigenvalue weighted by atomic mass is 10.2. The summed E-state index contributed by atoms with van der Waals surface area (Å²) in [6.07, 6.45) is 1.67. The van der Waals surface area contributed by atoms with Crippen molar-refractivity contribution in [2.24, 2.45) is 0 Å². The van der Waals surface area contributed by atoms with Gasteiger partial charge in [0, 0.05) is 11.3 Å². The average Bonchev–Trinajstić information content (AvgIpc) is 3.38. The number of para-hydroxylation sites is 1. The first-order valence-electron chi connectivity index (χ1n) is 9.09. The van der Waals surface area contributed by atoms with Gasteiger partial charge in [-0.05, 0) is 42.8 Å². The molecule has 0 N–H and O–H groups in total. The van der Waals surface area contributed by atoms with Crippen LogP contribution in [0.1, 0.15) is 6.42 Å². The molecule has 0 saturated carbocycles. The fraction of sp³-hybridized carbons (Fsp3) is 0.250. The fourth-order valence-electron chi connectivity index (χ4n) is 3.33. The van der Waals surface area contributed by atoms with Crippen molar-refractivity contribution in [3.8, 4) is 17.2 Å². The van der Waals surface area contributed by atoms with Gasteiger partial charge in [0.2, 0.25) is 12.3 Å². The molecule has 0 spiro atoms. The Balaban J connectivity index is 1.47. The molecule has 1 aromatic heterocycles. The quantitative estimate of drug-likeness (QED) is 0.611. The third kappa shape index (κ3) is 4.45. The number of nitrogens with zero attached hydrogens (tertiary/aromatic N) is 3. The van der Waals surface area contributed by atoms with Crippen molar-refractivity contribution in [1.29, 1.82) is 0 Å². The maximum Gasteiger partial charge on any atom is 0.265 e. The van der Waals surface area contributed by atoms with E-state index in [0.29, 0.717) is 23.7 Å². The Kier molecular flexibility index (Phi) is 5.30. The molecule has 150 valence electrons. The highest BCUT2D eigenvalue weighted by Crippen LogP contribution is 2.25. The number of aromatic nitrogens is 2. The van der Waals surface area contributed by atoms with Crippen molar-refractivity contribution in [3.05, 3.63) is 61.0 Å². The van der Waals surface area contributed by atoms with Crippen LogP contribution in [-0.4, -0.2) is 48.7 Å². The van der Waals surface area contributed by atoms with E-state index in [1.165, 1.54) is 11.3 Å². The van der Waals surface area contributed by atoms with Crippen molar-refractivity contribution < 1.29 is 22.4 Å². The Bertz CT molecular complexity index is 1070. The largest absolute Gasteiger partial charge is 0.484 e. The van der Waals surface area contributed by atoms with Crippen LogP contribution in [0.4, 0.5) is 5.69 Å². The average molecular weight is 413 g/mol. The van der Waals surface area contributed by atoms with Crippen molar-refractivity contribution >= 4 is 21.4 Å². The number of hydrogen-bond acceptors (Lipinski definition) is 7.